The lowest BCUT2D eigenvalue weighted by Crippen LogP contribution is -2.39. The minimum atomic E-state index is -0.385. The molecule has 2 unspecified atom stereocenters. The minimum absolute atomic E-state index is 0.0253. The van der Waals surface area contributed by atoms with E-state index >= 15 is 0 Å². The summed E-state index contributed by atoms with van der Waals surface area (Å²) in [6, 6.07) is 7.88. The number of benzene rings is 1. The first kappa shape index (κ1) is 15.5. The number of urea groups is 1. The molecule has 0 spiro atoms. The van der Waals surface area contributed by atoms with Gasteiger partial charge in [-0.2, -0.15) is 0 Å². The van der Waals surface area contributed by atoms with Crippen LogP contribution in [-0.4, -0.2) is 35.7 Å². The second-order valence-corrected chi connectivity index (χ2v) is 5.09. The molecule has 1 rings (SSSR count). The molecule has 0 aliphatic carbocycles. The highest BCUT2D eigenvalue weighted by molar-refractivity contribution is 5.74. The highest BCUT2D eigenvalue weighted by Crippen LogP contribution is 2.16. The number of hydrogen-bond acceptors (Lipinski definition) is 2. The Morgan fingerprint density at radius 2 is 2.00 bits per heavy atom. The molecule has 0 radical (unpaired) electrons. The zero-order valence-electron chi connectivity index (χ0n) is 12.2. The summed E-state index contributed by atoms with van der Waals surface area (Å²) in [7, 11) is 1.74. The largest absolute Gasteiger partial charge is 0.393 e. The number of rotatable bonds is 5. The lowest BCUT2D eigenvalue weighted by molar-refractivity contribution is 0.162. The molecule has 1 aromatic rings. The third-order valence-corrected chi connectivity index (χ3v) is 3.22. The molecular formula is C15H24N2O2. The van der Waals surface area contributed by atoms with Crippen molar-refractivity contribution in [3.63, 3.8) is 0 Å². The van der Waals surface area contributed by atoms with Gasteiger partial charge in [-0.1, -0.05) is 24.3 Å². The van der Waals surface area contributed by atoms with Crippen LogP contribution < -0.4 is 5.32 Å². The van der Waals surface area contributed by atoms with Crippen LogP contribution in [0.4, 0.5) is 4.79 Å². The lowest BCUT2D eigenvalue weighted by Gasteiger charge is -2.23. The van der Waals surface area contributed by atoms with E-state index in [4.69, 9.17) is 0 Å². The Kier molecular flexibility index (Phi) is 5.83. The third kappa shape index (κ3) is 4.91. The summed E-state index contributed by atoms with van der Waals surface area (Å²) >= 11 is 0. The molecule has 0 saturated heterocycles. The quantitative estimate of drug-likeness (QED) is 0.858. The molecule has 4 heteroatoms. The van der Waals surface area contributed by atoms with Crippen molar-refractivity contribution in [2.24, 2.45) is 0 Å². The zero-order chi connectivity index (χ0) is 14.4. The second-order valence-electron chi connectivity index (χ2n) is 5.09. The fraction of sp³-hybridized carbons (Fsp3) is 0.533. The van der Waals surface area contributed by atoms with Crippen LogP contribution in [-0.2, 0) is 0 Å². The Labute approximate surface area is 115 Å². The van der Waals surface area contributed by atoms with E-state index in [0.29, 0.717) is 13.0 Å². The van der Waals surface area contributed by atoms with Crippen LogP contribution >= 0.6 is 0 Å². The first-order chi connectivity index (χ1) is 8.91. The maximum Gasteiger partial charge on any atom is 0.317 e. The topological polar surface area (TPSA) is 52.6 Å². The van der Waals surface area contributed by atoms with Crippen molar-refractivity contribution < 1.29 is 9.90 Å². The van der Waals surface area contributed by atoms with E-state index in [9.17, 15) is 9.90 Å². The van der Waals surface area contributed by atoms with Gasteiger partial charge in [0.15, 0.2) is 0 Å². The monoisotopic (exact) mass is 264 g/mol. The fourth-order valence-electron chi connectivity index (χ4n) is 1.93. The van der Waals surface area contributed by atoms with E-state index in [1.807, 2.05) is 38.1 Å². The smallest absolute Gasteiger partial charge is 0.317 e. The Balaban J connectivity index is 2.54. The summed E-state index contributed by atoms with van der Waals surface area (Å²) in [5.74, 6) is 0. The van der Waals surface area contributed by atoms with Crippen molar-refractivity contribution in [2.45, 2.75) is 39.3 Å². The van der Waals surface area contributed by atoms with Crippen LogP contribution in [0, 0.1) is 6.92 Å². The first-order valence-corrected chi connectivity index (χ1v) is 6.67. The van der Waals surface area contributed by atoms with Crippen LogP contribution in [0.3, 0.4) is 0 Å². The van der Waals surface area contributed by atoms with Gasteiger partial charge in [0.05, 0.1) is 12.1 Å². The fourth-order valence-corrected chi connectivity index (χ4v) is 1.93. The van der Waals surface area contributed by atoms with Crippen molar-refractivity contribution in [1.82, 2.24) is 10.2 Å². The van der Waals surface area contributed by atoms with Crippen LogP contribution in [0.25, 0.3) is 0 Å². The van der Waals surface area contributed by atoms with Crippen molar-refractivity contribution in [2.75, 3.05) is 13.6 Å². The average Bonchev–Trinajstić information content (AvgIpc) is 2.36. The zero-order valence-corrected chi connectivity index (χ0v) is 12.2. The average molecular weight is 264 g/mol. The Morgan fingerprint density at radius 3 is 2.58 bits per heavy atom. The molecule has 0 aliphatic heterocycles. The molecule has 0 aliphatic rings. The van der Waals surface area contributed by atoms with Crippen molar-refractivity contribution >= 4 is 6.03 Å². The number of nitrogens with one attached hydrogen (secondary N) is 1. The van der Waals surface area contributed by atoms with E-state index in [1.54, 1.807) is 18.9 Å². The Bertz CT molecular complexity index is 418. The Morgan fingerprint density at radius 1 is 1.37 bits per heavy atom. The molecule has 1 aromatic carbocycles. The molecule has 0 fully saturated rings. The highest BCUT2D eigenvalue weighted by atomic mass is 16.3. The van der Waals surface area contributed by atoms with Crippen LogP contribution in [0.1, 0.15) is 37.4 Å². The van der Waals surface area contributed by atoms with Gasteiger partial charge >= 0.3 is 6.03 Å². The molecule has 0 bridgehead atoms. The number of carbonyl (C=O) groups excluding carboxylic acids is 1. The van der Waals surface area contributed by atoms with Gasteiger partial charge in [-0.15, -0.1) is 0 Å². The number of hydrogen-bond donors (Lipinski definition) is 2. The van der Waals surface area contributed by atoms with Crippen molar-refractivity contribution in [1.29, 1.82) is 0 Å². The number of nitrogens with zero attached hydrogens (tertiary/aromatic N) is 1. The second kappa shape index (κ2) is 7.14. The summed E-state index contributed by atoms with van der Waals surface area (Å²) in [6.45, 7) is 6.28. The summed E-state index contributed by atoms with van der Waals surface area (Å²) in [5.41, 5.74) is 2.29. The van der Waals surface area contributed by atoms with Gasteiger partial charge in [-0.25, -0.2) is 4.79 Å². The maximum absolute atomic E-state index is 12.0. The predicted molar refractivity (Wildman–Crippen MR) is 77.1 cm³/mol. The molecule has 4 nitrogen and oxygen atoms in total. The van der Waals surface area contributed by atoms with E-state index < -0.39 is 0 Å². The molecule has 19 heavy (non-hydrogen) atoms. The summed E-state index contributed by atoms with van der Waals surface area (Å²) in [4.78, 5) is 13.6. The summed E-state index contributed by atoms with van der Waals surface area (Å²) in [6.07, 6.45) is 0.201. The molecule has 0 heterocycles. The molecular weight excluding hydrogens is 240 g/mol. The number of aryl methyl sites for hydroxylation is 1. The first-order valence-electron chi connectivity index (χ1n) is 6.67. The molecule has 2 N–H and O–H groups in total. The molecule has 0 saturated carbocycles. The standard InChI is InChI=1S/C15H24N2O2/c1-11-7-5-6-8-14(11)13(3)16-15(19)17(4)10-9-12(2)18/h5-8,12-13,18H,9-10H2,1-4H3,(H,16,19). The predicted octanol–water partition coefficient (Wildman–Crippen LogP) is 2.47. The van der Waals surface area contributed by atoms with Gasteiger partial charge in [-0.05, 0) is 38.3 Å². The van der Waals surface area contributed by atoms with Gasteiger partial charge in [0, 0.05) is 13.6 Å². The van der Waals surface area contributed by atoms with E-state index in [2.05, 4.69) is 5.32 Å². The minimum Gasteiger partial charge on any atom is -0.393 e. The molecule has 0 aromatic heterocycles. The van der Waals surface area contributed by atoms with Gasteiger partial charge in [0.25, 0.3) is 0 Å². The van der Waals surface area contributed by atoms with Crippen LogP contribution in [0.15, 0.2) is 24.3 Å². The van der Waals surface area contributed by atoms with Gasteiger partial charge in [-0.3, -0.25) is 0 Å². The number of carbonyl (C=O) groups is 1. The Hall–Kier alpha value is -1.55. The highest BCUT2D eigenvalue weighted by Gasteiger charge is 2.14. The number of aliphatic hydroxyl groups excluding tert-OH is 1. The SMILES string of the molecule is Cc1ccccc1C(C)NC(=O)N(C)CCC(C)O. The van der Waals surface area contributed by atoms with Gasteiger partial charge in [0.2, 0.25) is 0 Å². The van der Waals surface area contributed by atoms with E-state index in [1.165, 1.54) is 5.56 Å². The van der Waals surface area contributed by atoms with Crippen molar-refractivity contribution in [3.8, 4) is 0 Å². The summed E-state index contributed by atoms with van der Waals surface area (Å²) in [5, 5.41) is 12.2. The van der Waals surface area contributed by atoms with Crippen LogP contribution in [0.5, 0.6) is 0 Å². The normalized spacial score (nSPS) is 13.7. The number of aliphatic hydroxyl groups is 1. The third-order valence-electron chi connectivity index (χ3n) is 3.22. The maximum atomic E-state index is 12.0. The van der Waals surface area contributed by atoms with E-state index in [0.717, 1.165) is 5.56 Å². The number of amides is 2. The van der Waals surface area contributed by atoms with Gasteiger partial charge < -0.3 is 15.3 Å². The van der Waals surface area contributed by atoms with Gasteiger partial charge in [0.1, 0.15) is 0 Å². The molecule has 2 atom stereocenters. The summed E-state index contributed by atoms with van der Waals surface area (Å²) < 4.78 is 0. The van der Waals surface area contributed by atoms with E-state index in [-0.39, 0.29) is 18.2 Å². The molecule has 106 valence electrons. The lowest BCUT2D eigenvalue weighted by atomic mass is 10.0. The molecule has 2 amide bonds. The van der Waals surface area contributed by atoms with Crippen molar-refractivity contribution in [3.05, 3.63) is 35.4 Å². The van der Waals surface area contributed by atoms with Crippen LogP contribution in [0.2, 0.25) is 0 Å².